The Kier molecular flexibility index (Phi) is 4.63. The van der Waals surface area contributed by atoms with Crippen LogP contribution in [0.1, 0.15) is 34.1 Å². The van der Waals surface area contributed by atoms with Crippen molar-refractivity contribution in [3.63, 3.8) is 0 Å². The fourth-order valence-corrected chi connectivity index (χ4v) is 5.48. The van der Waals surface area contributed by atoms with Crippen molar-refractivity contribution >= 4 is 33.6 Å². The Morgan fingerprint density at radius 2 is 2.12 bits per heavy atom. The third kappa shape index (κ3) is 2.80. The van der Waals surface area contributed by atoms with E-state index >= 15 is 0 Å². The second-order valence-corrected chi connectivity index (χ2v) is 8.76. The number of H-pyrrole nitrogens is 1. The third-order valence-corrected chi connectivity index (χ3v) is 7.13. The van der Waals surface area contributed by atoms with Gasteiger partial charge in [0, 0.05) is 60.3 Å². The predicted octanol–water partition coefficient (Wildman–Crippen LogP) is 2.52. The molecule has 174 valence electrons. The van der Waals surface area contributed by atoms with Gasteiger partial charge in [-0.3, -0.25) is 19.7 Å². The number of ether oxygens (including phenoxy) is 1. The highest BCUT2D eigenvalue weighted by Crippen LogP contribution is 2.46. The number of aromatic nitrogens is 3. The molecule has 9 heteroatoms. The number of aryl methyl sites for hydroxylation is 3. The molecular formula is C25H26N6O3. The minimum Gasteiger partial charge on any atom is -0.484 e. The summed E-state index contributed by atoms with van der Waals surface area (Å²) in [7, 11) is 3.35. The molecule has 0 unspecified atom stereocenters. The molecule has 3 heterocycles. The zero-order chi connectivity index (χ0) is 23.6. The molecule has 9 nitrogen and oxygen atoms in total. The van der Waals surface area contributed by atoms with Gasteiger partial charge < -0.3 is 14.6 Å². The zero-order valence-corrected chi connectivity index (χ0v) is 19.4. The quantitative estimate of drug-likeness (QED) is 0.399. The average Bonchev–Trinajstić information content (AvgIpc) is 3.56. The number of hydrogen-bond acceptors (Lipinski definition) is 5. The van der Waals surface area contributed by atoms with Gasteiger partial charge >= 0.3 is 0 Å². The van der Waals surface area contributed by atoms with Crippen LogP contribution in [0.3, 0.4) is 0 Å². The Morgan fingerprint density at radius 3 is 2.91 bits per heavy atom. The van der Waals surface area contributed by atoms with E-state index in [2.05, 4.69) is 38.5 Å². The van der Waals surface area contributed by atoms with E-state index in [4.69, 9.17) is 4.74 Å². The molecule has 34 heavy (non-hydrogen) atoms. The molecule has 0 saturated carbocycles. The number of aromatic amines is 1. The largest absolute Gasteiger partial charge is 0.484 e. The first-order valence-corrected chi connectivity index (χ1v) is 11.5. The maximum Gasteiger partial charge on any atom is 0.274 e. The number of hydrogen-bond donors (Lipinski definition) is 3. The summed E-state index contributed by atoms with van der Waals surface area (Å²) in [5.41, 5.74) is 11.2. The summed E-state index contributed by atoms with van der Waals surface area (Å²) < 4.78 is 8.18. The average molecular weight is 459 g/mol. The first-order chi connectivity index (χ1) is 16.5. The molecule has 0 atom stereocenters. The summed E-state index contributed by atoms with van der Waals surface area (Å²) in [5.74, 6) is 0.424. The van der Waals surface area contributed by atoms with Crippen molar-refractivity contribution < 1.29 is 14.3 Å². The zero-order valence-electron chi connectivity index (χ0n) is 19.4. The van der Waals surface area contributed by atoms with E-state index in [0.717, 1.165) is 63.6 Å². The molecule has 2 amide bonds. The number of carbonyl (C=O) groups is 2. The topological polar surface area (TPSA) is 104 Å². The molecule has 2 aromatic heterocycles. The minimum absolute atomic E-state index is 0.0345. The molecule has 1 aliphatic carbocycles. The second kappa shape index (κ2) is 7.59. The van der Waals surface area contributed by atoms with Gasteiger partial charge in [0.2, 0.25) is 0 Å². The predicted molar refractivity (Wildman–Crippen MR) is 129 cm³/mol. The van der Waals surface area contributed by atoms with Crippen molar-refractivity contribution in [3.05, 3.63) is 46.8 Å². The van der Waals surface area contributed by atoms with E-state index in [1.54, 1.807) is 14.1 Å². The fraction of sp³-hybridized carbons (Fsp3) is 0.320. The van der Waals surface area contributed by atoms with E-state index in [1.807, 2.05) is 18.3 Å². The summed E-state index contributed by atoms with van der Waals surface area (Å²) >= 11 is 0. The van der Waals surface area contributed by atoms with Gasteiger partial charge in [-0.05, 0) is 49.1 Å². The van der Waals surface area contributed by atoms with Crippen molar-refractivity contribution in [1.29, 1.82) is 0 Å². The molecular weight excluding hydrogens is 432 g/mol. The lowest BCUT2D eigenvalue weighted by Gasteiger charge is -2.21. The van der Waals surface area contributed by atoms with Gasteiger partial charge in [-0.1, -0.05) is 0 Å². The van der Waals surface area contributed by atoms with Crippen molar-refractivity contribution in [2.45, 2.75) is 32.9 Å². The molecule has 0 bridgehead atoms. The van der Waals surface area contributed by atoms with Gasteiger partial charge in [0.25, 0.3) is 11.8 Å². The van der Waals surface area contributed by atoms with E-state index in [-0.39, 0.29) is 18.4 Å². The SMILES string of the molecule is CCn1c2ccc(OCC(=O)N(C)NC)cc2c2c3c(c4c(c21)CCc1[nH]ncc1-4)C(=O)NC3. The highest BCUT2D eigenvalue weighted by Gasteiger charge is 2.34. The van der Waals surface area contributed by atoms with Crippen molar-refractivity contribution in [1.82, 2.24) is 30.5 Å². The standard InChI is InChI=1S/C25H26N6O3/c1-4-31-19-8-5-13(34-12-20(32)30(3)26-2)9-15(19)22-17-10-27-25(33)23(17)21-14(24(22)31)6-7-18-16(21)11-28-29-18/h5,8-9,11,26H,4,6-7,10,12H2,1-3H3,(H,27,33)(H,28,29). The lowest BCUT2D eigenvalue weighted by molar-refractivity contribution is -0.134. The van der Waals surface area contributed by atoms with Gasteiger partial charge in [-0.25, -0.2) is 5.43 Å². The third-order valence-electron chi connectivity index (χ3n) is 7.13. The Morgan fingerprint density at radius 1 is 1.26 bits per heavy atom. The molecule has 2 aromatic carbocycles. The highest BCUT2D eigenvalue weighted by atomic mass is 16.5. The van der Waals surface area contributed by atoms with Crippen LogP contribution in [-0.4, -0.2) is 52.3 Å². The molecule has 6 rings (SSSR count). The van der Waals surface area contributed by atoms with Gasteiger partial charge in [0.15, 0.2) is 6.61 Å². The number of rotatable bonds is 5. The first kappa shape index (κ1) is 20.7. The minimum atomic E-state index is -0.167. The van der Waals surface area contributed by atoms with E-state index in [0.29, 0.717) is 12.3 Å². The number of amides is 2. The Hall–Kier alpha value is -3.85. The maximum atomic E-state index is 13.0. The number of carbonyl (C=O) groups excluding carboxylic acids is 2. The number of nitrogens with one attached hydrogen (secondary N) is 3. The normalized spacial score (nSPS) is 14.1. The van der Waals surface area contributed by atoms with E-state index in [1.165, 1.54) is 16.1 Å². The molecule has 2 aliphatic rings. The lowest BCUT2D eigenvalue weighted by Crippen LogP contribution is -2.39. The Bertz CT molecular complexity index is 1500. The summed E-state index contributed by atoms with van der Waals surface area (Å²) in [4.78, 5) is 25.2. The van der Waals surface area contributed by atoms with Crippen LogP contribution in [0.5, 0.6) is 5.75 Å². The van der Waals surface area contributed by atoms with Crippen LogP contribution in [0.25, 0.3) is 32.9 Å². The van der Waals surface area contributed by atoms with E-state index in [9.17, 15) is 9.59 Å². The summed E-state index contributed by atoms with van der Waals surface area (Å²) in [6.07, 6.45) is 3.54. The fourth-order valence-electron chi connectivity index (χ4n) is 5.48. The van der Waals surface area contributed by atoms with Crippen LogP contribution in [0.2, 0.25) is 0 Å². The number of fused-ring (bicyclic) bond motifs is 10. The van der Waals surface area contributed by atoms with E-state index < -0.39 is 0 Å². The van der Waals surface area contributed by atoms with Crippen LogP contribution in [0.15, 0.2) is 24.4 Å². The molecule has 3 N–H and O–H groups in total. The number of nitrogens with zero attached hydrogens (tertiary/aromatic N) is 3. The second-order valence-electron chi connectivity index (χ2n) is 8.76. The van der Waals surface area contributed by atoms with Crippen LogP contribution in [-0.2, 0) is 30.7 Å². The van der Waals surface area contributed by atoms with Crippen LogP contribution in [0, 0.1) is 0 Å². The molecule has 0 spiro atoms. The van der Waals surface area contributed by atoms with Crippen molar-refractivity contribution in [2.24, 2.45) is 0 Å². The van der Waals surface area contributed by atoms with Gasteiger partial charge in [0.1, 0.15) is 5.75 Å². The van der Waals surface area contributed by atoms with Crippen molar-refractivity contribution in [2.75, 3.05) is 20.7 Å². The summed E-state index contributed by atoms with van der Waals surface area (Å²) in [6, 6.07) is 5.96. The molecule has 0 saturated heterocycles. The number of likely N-dealkylation sites (N-methyl/N-ethyl adjacent to an activating group) is 1. The molecule has 0 radical (unpaired) electrons. The van der Waals surface area contributed by atoms with Crippen LogP contribution >= 0.6 is 0 Å². The molecule has 4 aromatic rings. The monoisotopic (exact) mass is 458 g/mol. The highest BCUT2D eigenvalue weighted by molar-refractivity contribution is 6.19. The number of hydrazine groups is 1. The Balaban J connectivity index is 1.60. The van der Waals surface area contributed by atoms with Gasteiger partial charge in [-0.2, -0.15) is 5.10 Å². The summed E-state index contributed by atoms with van der Waals surface area (Å²) in [6.45, 7) is 3.37. The van der Waals surface area contributed by atoms with Gasteiger partial charge in [-0.15, -0.1) is 0 Å². The maximum absolute atomic E-state index is 13.0. The lowest BCUT2D eigenvalue weighted by atomic mass is 9.83. The summed E-state index contributed by atoms with van der Waals surface area (Å²) in [5, 5.41) is 14.0. The smallest absolute Gasteiger partial charge is 0.274 e. The van der Waals surface area contributed by atoms with Crippen LogP contribution < -0.4 is 15.5 Å². The number of benzene rings is 2. The molecule has 0 fully saturated rings. The van der Waals surface area contributed by atoms with Crippen molar-refractivity contribution in [3.8, 4) is 16.9 Å². The Labute approximate surface area is 196 Å². The first-order valence-electron chi connectivity index (χ1n) is 11.5. The van der Waals surface area contributed by atoms with Gasteiger partial charge in [0.05, 0.1) is 17.3 Å². The molecule has 1 aliphatic heterocycles. The van der Waals surface area contributed by atoms with Crippen LogP contribution in [0.4, 0.5) is 0 Å².